The fourth-order valence-electron chi connectivity index (χ4n) is 1.74. The maximum Gasteiger partial charge on any atom is 0.321 e. The van der Waals surface area contributed by atoms with Gasteiger partial charge in [-0.1, -0.05) is 18.2 Å². The normalized spacial score (nSPS) is 10.1. The zero-order chi connectivity index (χ0) is 15.5. The summed E-state index contributed by atoms with van der Waals surface area (Å²) in [5.74, 6) is -0.340. The molecule has 0 aliphatic heterocycles. The molecule has 0 aliphatic carbocycles. The molecular weight excluding hydrogens is 286 g/mol. The van der Waals surface area contributed by atoms with Crippen molar-refractivity contribution < 1.29 is 9.59 Å². The number of hydrogen-bond acceptors (Lipinski definition) is 4. The van der Waals surface area contributed by atoms with Gasteiger partial charge in [-0.15, -0.1) is 24.5 Å². The Hall–Kier alpha value is -1.92. The van der Waals surface area contributed by atoms with E-state index in [1.807, 2.05) is 22.4 Å². The average Bonchev–Trinajstić information content (AvgIpc) is 2.92. The summed E-state index contributed by atoms with van der Waals surface area (Å²) in [5, 5.41) is 6.97. The summed E-state index contributed by atoms with van der Waals surface area (Å²) in [6.45, 7) is 9.04. The fraction of sp³-hybridized carbons (Fsp3) is 0.333. The van der Waals surface area contributed by atoms with Crippen LogP contribution in [0.3, 0.4) is 0 Å². The fourth-order valence-corrected chi connectivity index (χ4v) is 2.45. The van der Waals surface area contributed by atoms with Crippen LogP contribution in [0.1, 0.15) is 4.88 Å². The van der Waals surface area contributed by atoms with Gasteiger partial charge in [0.05, 0.1) is 6.54 Å². The summed E-state index contributed by atoms with van der Waals surface area (Å²) in [7, 11) is 0. The molecule has 1 heterocycles. The van der Waals surface area contributed by atoms with Crippen molar-refractivity contribution in [3.63, 3.8) is 0 Å². The number of imide groups is 1. The van der Waals surface area contributed by atoms with E-state index < -0.39 is 6.03 Å². The van der Waals surface area contributed by atoms with Gasteiger partial charge in [-0.3, -0.25) is 15.0 Å². The lowest BCUT2D eigenvalue weighted by molar-refractivity contribution is -0.120. The Labute approximate surface area is 129 Å². The molecule has 21 heavy (non-hydrogen) atoms. The summed E-state index contributed by atoms with van der Waals surface area (Å²) in [6, 6.07) is 3.52. The standard InChI is InChI=1S/C15H21N3O2S/c1-3-9-18(10-4-2)12-14(19)17-15(20)16-8-7-13-6-5-11-21-13/h3-6,11H,1-2,7-10,12H2,(H2,16,17,19,20). The second-order valence-electron chi connectivity index (χ2n) is 4.40. The number of thiophene rings is 1. The number of carbonyl (C=O) groups is 2. The first-order valence-electron chi connectivity index (χ1n) is 6.70. The number of amides is 3. The van der Waals surface area contributed by atoms with E-state index in [1.54, 1.807) is 23.5 Å². The highest BCUT2D eigenvalue weighted by Crippen LogP contribution is 2.07. The zero-order valence-corrected chi connectivity index (χ0v) is 12.8. The molecule has 0 aromatic carbocycles. The van der Waals surface area contributed by atoms with Gasteiger partial charge < -0.3 is 5.32 Å². The first kappa shape index (κ1) is 17.1. The Balaban J connectivity index is 2.24. The molecule has 0 atom stereocenters. The van der Waals surface area contributed by atoms with Crippen LogP contribution < -0.4 is 10.6 Å². The highest BCUT2D eigenvalue weighted by Gasteiger charge is 2.11. The van der Waals surface area contributed by atoms with Crippen LogP contribution in [0.15, 0.2) is 42.8 Å². The number of rotatable bonds is 9. The van der Waals surface area contributed by atoms with E-state index in [1.165, 1.54) is 4.88 Å². The van der Waals surface area contributed by atoms with Crippen LogP contribution in [0.25, 0.3) is 0 Å². The average molecular weight is 307 g/mol. The Morgan fingerprint density at radius 2 is 2.00 bits per heavy atom. The SMILES string of the molecule is C=CCN(CC=C)CC(=O)NC(=O)NCCc1cccs1. The van der Waals surface area contributed by atoms with E-state index in [2.05, 4.69) is 23.8 Å². The van der Waals surface area contributed by atoms with Crippen molar-refractivity contribution >= 4 is 23.3 Å². The molecule has 0 saturated heterocycles. The lowest BCUT2D eigenvalue weighted by atomic mass is 10.3. The third-order valence-electron chi connectivity index (χ3n) is 2.63. The maximum absolute atomic E-state index is 11.7. The lowest BCUT2D eigenvalue weighted by Crippen LogP contribution is -2.45. The van der Waals surface area contributed by atoms with E-state index in [0.29, 0.717) is 19.6 Å². The molecule has 1 aromatic rings. The van der Waals surface area contributed by atoms with Crippen LogP contribution in [0, 0.1) is 0 Å². The molecule has 1 rings (SSSR count). The van der Waals surface area contributed by atoms with Gasteiger partial charge >= 0.3 is 6.03 Å². The van der Waals surface area contributed by atoms with Crippen molar-refractivity contribution in [3.8, 4) is 0 Å². The zero-order valence-electron chi connectivity index (χ0n) is 12.0. The number of carbonyl (C=O) groups excluding carboxylic acids is 2. The third kappa shape index (κ3) is 7.43. The van der Waals surface area contributed by atoms with Gasteiger partial charge in [0, 0.05) is 24.5 Å². The van der Waals surface area contributed by atoms with Crippen LogP contribution in [-0.2, 0) is 11.2 Å². The molecule has 3 amide bonds. The molecule has 0 aliphatic rings. The van der Waals surface area contributed by atoms with Crippen LogP contribution in [-0.4, -0.2) is 43.0 Å². The van der Waals surface area contributed by atoms with Gasteiger partial charge in [-0.05, 0) is 17.9 Å². The van der Waals surface area contributed by atoms with Gasteiger partial charge in [-0.25, -0.2) is 4.79 Å². The summed E-state index contributed by atoms with van der Waals surface area (Å²) in [6.07, 6.45) is 4.17. The molecule has 1 aromatic heterocycles. The van der Waals surface area contributed by atoms with Gasteiger partial charge in [0.25, 0.3) is 0 Å². The molecule has 114 valence electrons. The van der Waals surface area contributed by atoms with E-state index >= 15 is 0 Å². The smallest absolute Gasteiger partial charge is 0.321 e. The number of hydrogen-bond donors (Lipinski definition) is 2. The number of nitrogens with one attached hydrogen (secondary N) is 2. The van der Waals surface area contributed by atoms with Gasteiger partial charge in [0.1, 0.15) is 0 Å². The van der Waals surface area contributed by atoms with Crippen molar-refractivity contribution in [2.45, 2.75) is 6.42 Å². The second kappa shape index (κ2) is 9.90. The molecular formula is C15H21N3O2S. The van der Waals surface area contributed by atoms with E-state index in [0.717, 1.165) is 6.42 Å². The minimum atomic E-state index is -0.464. The molecule has 0 spiro atoms. The van der Waals surface area contributed by atoms with Gasteiger partial charge in [-0.2, -0.15) is 0 Å². The first-order valence-corrected chi connectivity index (χ1v) is 7.58. The van der Waals surface area contributed by atoms with E-state index in [9.17, 15) is 9.59 Å². The van der Waals surface area contributed by atoms with Crippen molar-refractivity contribution in [2.24, 2.45) is 0 Å². The highest BCUT2D eigenvalue weighted by atomic mass is 32.1. The van der Waals surface area contributed by atoms with Crippen LogP contribution in [0.5, 0.6) is 0 Å². The predicted molar refractivity (Wildman–Crippen MR) is 86.4 cm³/mol. The minimum absolute atomic E-state index is 0.135. The largest absolute Gasteiger partial charge is 0.337 e. The molecule has 6 heteroatoms. The van der Waals surface area contributed by atoms with Crippen LogP contribution in [0.4, 0.5) is 4.79 Å². The number of urea groups is 1. The molecule has 0 fully saturated rings. The third-order valence-corrected chi connectivity index (χ3v) is 3.57. The van der Waals surface area contributed by atoms with E-state index in [-0.39, 0.29) is 12.5 Å². The molecule has 0 unspecified atom stereocenters. The van der Waals surface area contributed by atoms with Crippen molar-refractivity contribution in [2.75, 3.05) is 26.2 Å². The Bertz CT molecular complexity index is 461. The maximum atomic E-state index is 11.7. The summed E-state index contributed by atoms with van der Waals surface area (Å²) >= 11 is 1.64. The highest BCUT2D eigenvalue weighted by molar-refractivity contribution is 7.09. The Kier molecular flexibility index (Phi) is 8.08. The molecule has 0 bridgehead atoms. The Morgan fingerprint density at radius 3 is 2.57 bits per heavy atom. The van der Waals surface area contributed by atoms with Crippen LogP contribution in [0.2, 0.25) is 0 Å². The van der Waals surface area contributed by atoms with Gasteiger partial charge in [0.2, 0.25) is 5.91 Å². The number of nitrogens with zero attached hydrogens (tertiary/aromatic N) is 1. The Morgan fingerprint density at radius 1 is 1.29 bits per heavy atom. The first-order chi connectivity index (χ1) is 10.2. The van der Waals surface area contributed by atoms with Crippen molar-refractivity contribution in [3.05, 3.63) is 47.7 Å². The summed E-state index contributed by atoms with van der Waals surface area (Å²) < 4.78 is 0. The molecule has 5 nitrogen and oxygen atoms in total. The minimum Gasteiger partial charge on any atom is -0.337 e. The van der Waals surface area contributed by atoms with Crippen LogP contribution >= 0.6 is 11.3 Å². The molecule has 0 radical (unpaired) electrons. The van der Waals surface area contributed by atoms with Gasteiger partial charge in [0.15, 0.2) is 0 Å². The summed E-state index contributed by atoms with van der Waals surface area (Å²) in [4.78, 5) is 26.3. The quantitative estimate of drug-likeness (QED) is 0.684. The van der Waals surface area contributed by atoms with E-state index in [4.69, 9.17) is 0 Å². The summed E-state index contributed by atoms with van der Waals surface area (Å²) in [5.41, 5.74) is 0. The predicted octanol–water partition coefficient (Wildman–Crippen LogP) is 1.79. The second-order valence-corrected chi connectivity index (χ2v) is 5.44. The topological polar surface area (TPSA) is 61.4 Å². The lowest BCUT2D eigenvalue weighted by Gasteiger charge is -2.17. The molecule has 0 saturated carbocycles. The van der Waals surface area contributed by atoms with Crippen molar-refractivity contribution in [1.82, 2.24) is 15.5 Å². The molecule has 2 N–H and O–H groups in total. The van der Waals surface area contributed by atoms with Crippen molar-refractivity contribution in [1.29, 1.82) is 0 Å². The monoisotopic (exact) mass is 307 g/mol.